The highest BCUT2D eigenvalue weighted by Gasteiger charge is 2.20. The van der Waals surface area contributed by atoms with Gasteiger partial charge in [-0.2, -0.15) is 0 Å². The van der Waals surface area contributed by atoms with Gasteiger partial charge in [-0.1, -0.05) is 42.0 Å². The third kappa shape index (κ3) is 2.64. The van der Waals surface area contributed by atoms with Crippen LogP contribution in [-0.2, 0) is 12.8 Å². The molecule has 3 rings (SSSR count). The second kappa shape index (κ2) is 5.58. The van der Waals surface area contributed by atoms with Gasteiger partial charge in [0.25, 0.3) is 0 Å². The van der Waals surface area contributed by atoms with E-state index in [0.29, 0.717) is 5.92 Å². The molecule has 0 saturated carbocycles. The van der Waals surface area contributed by atoms with Gasteiger partial charge in [-0.15, -0.1) is 0 Å². The fourth-order valence-electron chi connectivity index (χ4n) is 2.95. The predicted molar refractivity (Wildman–Crippen MR) is 83.6 cm³/mol. The standard InChI is InChI=1S/C18H21NO/c1-13-6-8-14(9-7-13)10-15-11-16-4-3-5-17(20-2)18(16)19-12-15/h3-9,15,19H,10-12H2,1-2H3. The molecule has 1 aliphatic heterocycles. The van der Waals surface area contributed by atoms with Gasteiger partial charge in [-0.05, 0) is 42.9 Å². The molecule has 2 aromatic rings. The zero-order valence-electron chi connectivity index (χ0n) is 12.1. The van der Waals surface area contributed by atoms with E-state index >= 15 is 0 Å². The molecule has 2 aromatic carbocycles. The number of nitrogens with one attached hydrogen (secondary N) is 1. The monoisotopic (exact) mass is 267 g/mol. The number of fused-ring (bicyclic) bond motifs is 1. The van der Waals surface area contributed by atoms with Crippen LogP contribution in [0.25, 0.3) is 0 Å². The van der Waals surface area contributed by atoms with Gasteiger partial charge in [-0.3, -0.25) is 0 Å². The van der Waals surface area contributed by atoms with E-state index in [1.807, 2.05) is 6.07 Å². The lowest BCUT2D eigenvalue weighted by molar-refractivity contribution is 0.413. The first-order chi connectivity index (χ1) is 9.76. The average molecular weight is 267 g/mol. The van der Waals surface area contributed by atoms with Crippen molar-refractivity contribution in [2.45, 2.75) is 19.8 Å². The lowest BCUT2D eigenvalue weighted by Gasteiger charge is -2.27. The molecule has 1 unspecified atom stereocenters. The lowest BCUT2D eigenvalue weighted by Crippen LogP contribution is -2.25. The number of anilines is 1. The molecular weight excluding hydrogens is 246 g/mol. The number of benzene rings is 2. The Bertz CT molecular complexity index is 589. The molecule has 0 bridgehead atoms. The number of methoxy groups -OCH3 is 1. The number of hydrogen-bond donors (Lipinski definition) is 1. The summed E-state index contributed by atoms with van der Waals surface area (Å²) in [7, 11) is 1.73. The SMILES string of the molecule is COc1cccc2c1NCC(Cc1ccc(C)cc1)C2. The molecule has 1 N–H and O–H groups in total. The maximum atomic E-state index is 5.42. The van der Waals surface area contributed by atoms with Gasteiger partial charge in [0.2, 0.25) is 0 Å². The van der Waals surface area contributed by atoms with Crippen molar-refractivity contribution < 1.29 is 4.74 Å². The number of aryl methyl sites for hydroxylation is 1. The Morgan fingerprint density at radius 2 is 1.95 bits per heavy atom. The Morgan fingerprint density at radius 3 is 2.70 bits per heavy atom. The number of ether oxygens (including phenoxy) is 1. The number of hydrogen-bond acceptors (Lipinski definition) is 2. The molecule has 2 heteroatoms. The minimum atomic E-state index is 0.650. The van der Waals surface area contributed by atoms with Crippen molar-refractivity contribution in [2.24, 2.45) is 5.92 Å². The number of para-hydroxylation sites is 1. The van der Waals surface area contributed by atoms with E-state index in [4.69, 9.17) is 4.74 Å². The Balaban J connectivity index is 1.74. The molecule has 0 fully saturated rings. The van der Waals surface area contributed by atoms with Crippen LogP contribution in [0.1, 0.15) is 16.7 Å². The van der Waals surface area contributed by atoms with Crippen molar-refractivity contribution in [3.63, 3.8) is 0 Å². The fourth-order valence-corrected chi connectivity index (χ4v) is 2.95. The smallest absolute Gasteiger partial charge is 0.142 e. The zero-order chi connectivity index (χ0) is 13.9. The van der Waals surface area contributed by atoms with Gasteiger partial charge in [0.1, 0.15) is 5.75 Å². The van der Waals surface area contributed by atoms with Crippen LogP contribution < -0.4 is 10.1 Å². The van der Waals surface area contributed by atoms with Crippen LogP contribution >= 0.6 is 0 Å². The minimum Gasteiger partial charge on any atom is -0.495 e. The summed E-state index contributed by atoms with van der Waals surface area (Å²) in [4.78, 5) is 0. The van der Waals surface area contributed by atoms with E-state index < -0.39 is 0 Å². The van der Waals surface area contributed by atoms with Crippen molar-refractivity contribution in [1.82, 2.24) is 0 Å². The van der Waals surface area contributed by atoms with Crippen molar-refractivity contribution >= 4 is 5.69 Å². The molecule has 2 nitrogen and oxygen atoms in total. The molecule has 1 atom stereocenters. The average Bonchev–Trinajstić information content (AvgIpc) is 2.49. The van der Waals surface area contributed by atoms with Gasteiger partial charge < -0.3 is 10.1 Å². The lowest BCUT2D eigenvalue weighted by atomic mass is 9.88. The van der Waals surface area contributed by atoms with Gasteiger partial charge in [0.05, 0.1) is 12.8 Å². The second-order valence-electron chi connectivity index (χ2n) is 5.64. The van der Waals surface area contributed by atoms with Crippen LogP contribution in [0.2, 0.25) is 0 Å². The van der Waals surface area contributed by atoms with E-state index in [-0.39, 0.29) is 0 Å². The quantitative estimate of drug-likeness (QED) is 0.912. The van der Waals surface area contributed by atoms with Crippen LogP contribution in [0.5, 0.6) is 5.75 Å². The first kappa shape index (κ1) is 13.0. The van der Waals surface area contributed by atoms with Crippen molar-refractivity contribution in [1.29, 1.82) is 0 Å². The minimum absolute atomic E-state index is 0.650. The first-order valence-electron chi connectivity index (χ1n) is 7.21. The predicted octanol–water partition coefficient (Wildman–Crippen LogP) is 3.83. The summed E-state index contributed by atoms with van der Waals surface area (Å²) < 4.78 is 5.42. The summed E-state index contributed by atoms with van der Waals surface area (Å²) in [5.41, 5.74) is 5.29. The summed E-state index contributed by atoms with van der Waals surface area (Å²) in [5.74, 6) is 1.61. The van der Waals surface area contributed by atoms with Crippen LogP contribution in [0.4, 0.5) is 5.69 Å². The van der Waals surface area contributed by atoms with Crippen molar-refractivity contribution in [2.75, 3.05) is 19.0 Å². The van der Waals surface area contributed by atoms with Gasteiger partial charge in [-0.25, -0.2) is 0 Å². The molecule has 0 aromatic heterocycles. The van der Waals surface area contributed by atoms with Gasteiger partial charge >= 0.3 is 0 Å². The summed E-state index contributed by atoms with van der Waals surface area (Å²) in [6, 6.07) is 15.2. The Hall–Kier alpha value is -1.96. The van der Waals surface area contributed by atoms with Crippen molar-refractivity contribution in [3.05, 3.63) is 59.2 Å². The highest BCUT2D eigenvalue weighted by Crippen LogP contribution is 2.34. The van der Waals surface area contributed by atoms with Gasteiger partial charge in [0, 0.05) is 6.54 Å². The highest BCUT2D eigenvalue weighted by atomic mass is 16.5. The molecular formula is C18H21NO. The molecule has 0 saturated heterocycles. The zero-order valence-corrected chi connectivity index (χ0v) is 12.1. The Labute approximate surface area is 120 Å². The number of rotatable bonds is 3. The molecule has 0 amide bonds. The summed E-state index contributed by atoms with van der Waals surface area (Å²) in [6.07, 6.45) is 2.25. The summed E-state index contributed by atoms with van der Waals surface area (Å²) in [5, 5.41) is 3.54. The topological polar surface area (TPSA) is 21.3 Å². The van der Waals surface area contributed by atoms with Crippen LogP contribution in [0.3, 0.4) is 0 Å². The molecule has 1 heterocycles. The molecule has 20 heavy (non-hydrogen) atoms. The fraction of sp³-hybridized carbons (Fsp3) is 0.333. The molecule has 0 radical (unpaired) electrons. The van der Waals surface area contributed by atoms with Crippen molar-refractivity contribution in [3.8, 4) is 5.75 Å². The van der Waals surface area contributed by atoms with E-state index in [1.54, 1.807) is 7.11 Å². The molecule has 1 aliphatic rings. The summed E-state index contributed by atoms with van der Waals surface area (Å²) >= 11 is 0. The largest absolute Gasteiger partial charge is 0.495 e. The van der Waals surface area contributed by atoms with Crippen LogP contribution in [-0.4, -0.2) is 13.7 Å². The van der Waals surface area contributed by atoms with E-state index in [1.165, 1.54) is 22.4 Å². The van der Waals surface area contributed by atoms with Gasteiger partial charge in [0.15, 0.2) is 0 Å². The van der Waals surface area contributed by atoms with Crippen LogP contribution in [0.15, 0.2) is 42.5 Å². The molecule has 0 spiro atoms. The van der Waals surface area contributed by atoms with E-state index in [0.717, 1.165) is 25.1 Å². The summed E-state index contributed by atoms with van der Waals surface area (Å²) in [6.45, 7) is 3.15. The van der Waals surface area contributed by atoms with E-state index in [2.05, 4.69) is 48.6 Å². The molecule has 0 aliphatic carbocycles. The normalized spacial score (nSPS) is 17.2. The first-order valence-corrected chi connectivity index (χ1v) is 7.21. The highest BCUT2D eigenvalue weighted by molar-refractivity contribution is 5.63. The Morgan fingerprint density at radius 1 is 1.15 bits per heavy atom. The maximum Gasteiger partial charge on any atom is 0.142 e. The van der Waals surface area contributed by atoms with Crippen LogP contribution in [0, 0.1) is 12.8 Å². The third-order valence-corrected chi connectivity index (χ3v) is 4.05. The second-order valence-corrected chi connectivity index (χ2v) is 5.64. The third-order valence-electron chi connectivity index (χ3n) is 4.05. The van der Waals surface area contributed by atoms with E-state index in [9.17, 15) is 0 Å². The molecule has 104 valence electrons. The Kier molecular flexibility index (Phi) is 3.64. The maximum absolute atomic E-state index is 5.42.